The van der Waals surface area contributed by atoms with Gasteiger partial charge in [0.1, 0.15) is 41.9 Å². The Labute approximate surface area is 535 Å². The van der Waals surface area contributed by atoms with E-state index < -0.39 is 0 Å². The molecule has 1 saturated carbocycles. The molecule has 1 unspecified atom stereocenters. The second-order valence-corrected chi connectivity index (χ2v) is 29.0. The van der Waals surface area contributed by atoms with E-state index in [0.29, 0.717) is 10.8 Å². The molecule has 0 radical (unpaired) electrons. The minimum Gasteiger partial charge on any atom is -0.303 e. The molecular formula is C78H142N8+2. The van der Waals surface area contributed by atoms with Gasteiger partial charge in [-0.05, 0) is 161 Å². The molecule has 1 aliphatic heterocycles. The van der Waals surface area contributed by atoms with E-state index in [4.69, 9.17) is 0 Å². The summed E-state index contributed by atoms with van der Waals surface area (Å²) in [6, 6.07) is 25.5. The molecule has 1 saturated heterocycles. The SMILES string of the molecule is C.CC.CC.CC.CC.CC(C)(C)c1ccccc1.CC(C)(C)c1ccccn1.CC(C)(C)c1cccnc1.CC(C)(C)c1ccncc1.CC(C)(C)n1cc[n+](C2CCCCC2)c1.CC1CCCN(CC(C)(C)C)C1.C[n+]1ccn(C(C)(C)C)c1. The van der Waals surface area contributed by atoms with Crippen molar-refractivity contribution in [1.29, 1.82) is 0 Å². The molecule has 1 aliphatic carbocycles. The van der Waals surface area contributed by atoms with Crippen LogP contribution in [0.3, 0.4) is 0 Å². The van der Waals surface area contributed by atoms with Crippen molar-refractivity contribution in [2.24, 2.45) is 18.4 Å². The van der Waals surface area contributed by atoms with E-state index in [1.54, 1.807) is 6.20 Å². The number of hydrogen-bond donors (Lipinski definition) is 0. The van der Waals surface area contributed by atoms with Gasteiger partial charge in [-0.1, -0.05) is 222 Å². The monoisotopic (exact) mass is 1190 g/mol. The summed E-state index contributed by atoms with van der Waals surface area (Å²) in [5.74, 6) is 0.918. The highest BCUT2D eigenvalue weighted by atomic mass is 15.2. The minimum atomic E-state index is 0. The molecule has 6 heterocycles. The van der Waals surface area contributed by atoms with Gasteiger partial charge in [-0.2, -0.15) is 0 Å². The molecule has 0 spiro atoms. The van der Waals surface area contributed by atoms with Crippen LogP contribution in [0.2, 0.25) is 0 Å². The summed E-state index contributed by atoms with van der Waals surface area (Å²) in [6.07, 6.45) is 31.9. The Balaban J connectivity index is -0.000000448. The number of aromatic nitrogens is 7. The predicted octanol–water partition coefficient (Wildman–Crippen LogP) is 21.7. The molecule has 492 valence electrons. The van der Waals surface area contributed by atoms with Crippen LogP contribution < -0.4 is 9.13 Å². The molecule has 1 atom stereocenters. The van der Waals surface area contributed by atoms with Crippen LogP contribution in [0.25, 0.3) is 0 Å². The van der Waals surface area contributed by atoms with Crippen molar-refractivity contribution in [3.05, 3.63) is 164 Å². The van der Waals surface area contributed by atoms with E-state index in [1.807, 2.05) is 116 Å². The summed E-state index contributed by atoms with van der Waals surface area (Å²) in [7, 11) is 2.03. The number of benzene rings is 1. The first-order chi connectivity index (χ1) is 39.5. The summed E-state index contributed by atoms with van der Waals surface area (Å²) in [5.41, 5.74) is 7.01. The van der Waals surface area contributed by atoms with E-state index >= 15 is 0 Å². The Morgan fingerprint density at radius 1 is 0.465 bits per heavy atom. The normalized spacial score (nSPS) is 14.2. The van der Waals surface area contributed by atoms with Crippen molar-refractivity contribution in [2.75, 3.05) is 19.6 Å². The lowest BCUT2D eigenvalue weighted by molar-refractivity contribution is -0.725. The smallest absolute Gasteiger partial charge is 0.244 e. The van der Waals surface area contributed by atoms with Crippen LogP contribution in [-0.4, -0.2) is 48.6 Å². The zero-order chi connectivity index (χ0) is 66.3. The Kier molecular flexibility index (Phi) is 45.2. The molecule has 8 rings (SSSR count). The van der Waals surface area contributed by atoms with Gasteiger partial charge >= 0.3 is 0 Å². The fourth-order valence-electron chi connectivity index (χ4n) is 8.71. The van der Waals surface area contributed by atoms with Crippen molar-refractivity contribution < 1.29 is 9.13 Å². The zero-order valence-electron chi connectivity index (χ0n) is 61.6. The topological polar surface area (TPSA) is 59.5 Å². The van der Waals surface area contributed by atoms with Gasteiger partial charge in [0, 0.05) is 55.2 Å². The lowest BCUT2D eigenvalue weighted by Crippen LogP contribution is -2.39. The Bertz CT molecular complexity index is 2220. The molecule has 2 fully saturated rings. The van der Waals surface area contributed by atoms with Crippen LogP contribution in [-0.2, 0) is 39.8 Å². The van der Waals surface area contributed by atoms with Crippen LogP contribution in [0.4, 0.5) is 0 Å². The van der Waals surface area contributed by atoms with Crippen LogP contribution >= 0.6 is 0 Å². The van der Waals surface area contributed by atoms with Gasteiger partial charge in [-0.25, -0.2) is 18.3 Å². The maximum absolute atomic E-state index is 4.25. The molecule has 5 aromatic heterocycles. The molecule has 6 aromatic rings. The van der Waals surface area contributed by atoms with E-state index in [0.717, 1.165) is 17.7 Å². The minimum absolute atomic E-state index is 0. The van der Waals surface area contributed by atoms with E-state index in [2.05, 4.69) is 272 Å². The lowest BCUT2D eigenvalue weighted by Gasteiger charge is -2.35. The van der Waals surface area contributed by atoms with Gasteiger partial charge in [-0.15, -0.1) is 0 Å². The number of nitrogens with zero attached hydrogens (tertiary/aromatic N) is 8. The van der Waals surface area contributed by atoms with E-state index in [-0.39, 0.29) is 34.7 Å². The molecule has 1 aromatic carbocycles. The first-order valence-corrected chi connectivity index (χ1v) is 33.1. The van der Waals surface area contributed by atoms with Crippen molar-refractivity contribution >= 4 is 0 Å². The molecular weight excluding hydrogens is 1050 g/mol. The van der Waals surface area contributed by atoms with Gasteiger partial charge in [0.2, 0.25) is 12.7 Å². The number of aryl methyl sites for hydroxylation is 1. The van der Waals surface area contributed by atoms with Crippen LogP contribution in [0, 0.1) is 11.3 Å². The second-order valence-electron chi connectivity index (χ2n) is 29.0. The fourth-order valence-corrected chi connectivity index (χ4v) is 8.71. The highest BCUT2D eigenvalue weighted by molar-refractivity contribution is 5.22. The number of likely N-dealkylation sites (tertiary alicyclic amines) is 1. The van der Waals surface area contributed by atoms with Gasteiger partial charge < -0.3 is 4.90 Å². The van der Waals surface area contributed by atoms with Gasteiger partial charge in [0.15, 0.2) is 0 Å². The Morgan fingerprint density at radius 2 is 0.930 bits per heavy atom. The van der Waals surface area contributed by atoms with Gasteiger partial charge in [0.05, 0.1) is 7.05 Å². The summed E-state index contributed by atoms with van der Waals surface area (Å²) < 4.78 is 8.95. The highest BCUT2D eigenvalue weighted by Gasteiger charge is 2.25. The third kappa shape index (κ3) is 41.2. The van der Waals surface area contributed by atoms with Gasteiger partial charge in [0.25, 0.3) is 0 Å². The maximum atomic E-state index is 4.25. The third-order valence-corrected chi connectivity index (χ3v) is 13.6. The number of imidazole rings is 2. The number of rotatable bonds is 2. The molecule has 86 heavy (non-hydrogen) atoms. The molecule has 0 bridgehead atoms. The molecule has 0 N–H and O–H groups in total. The average Bonchev–Trinajstić information content (AvgIpc) is 3.91. The van der Waals surface area contributed by atoms with Crippen LogP contribution in [0.5, 0.6) is 0 Å². The summed E-state index contributed by atoms with van der Waals surface area (Å²) >= 11 is 0. The van der Waals surface area contributed by atoms with Gasteiger partial charge in [-0.3, -0.25) is 15.0 Å². The molecule has 8 nitrogen and oxygen atoms in total. The first kappa shape index (κ1) is 87.5. The molecule has 0 amide bonds. The van der Waals surface area contributed by atoms with Crippen molar-refractivity contribution in [1.82, 2.24) is 29.0 Å². The maximum Gasteiger partial charge on any atom is 0.244 e. The quantitative estimate of drug-likeness (QED) is 0.162. The fraction of sp³-hybridized carbons (Fsp3) is 0.654. The average molecular weight is 1190 g/mol. The van der Waals surface area contributed by atoms with E-state index in [1.165, 1.54) is 81.3 Å². The highest BCUT2D eigenvalue weighted by Crippen LogP contribution is 2.26. The Hall–Kier alpha value is -4.95. The predicted molar refractivity (Wildman–Crippen MR) is 383 cm³/mol. The first-order valence-electron chi connectivity index (χ1n) is 33.1. The van der Waals surface area contributed by atoms with Crippen molar-refractivity contribution in [2.45, 2.75) is 299 Å². The standard InChI is InChI=1S/C13H23N2.C11H23N.C10H14.3C9H13N.C8H15N2.4C2H6.CH4/c1-13(2,3)15-10-9-14(11-15)12-7-5-4-6-8-12;1-10-6-5-7-12(8-10)9-11(2,3)4;1-10(2,3)9-7-5-4-6-8-9;1-9(2,3)8-4-6-10-7-5-8;1-9(2,3)8-5-4-6-10-7-8;1-9(2,3)8-6-4-5-7-10-8;1-8(2,3)10-6-5-9(4)7-10;4*1-2;/h9-12H,4-8H2,1-3H3;10H,5-9H2,1-4H3;4-8H,1-3H3;3*4-7H,1-3H3;5-7H,1-4H3;4*1-2H3;1H4/q+1;;;;;;+1;;;;;. The van der Waals surface area contributed by atoms with E-state index in [9.17, 15) is 0 Å². The van der Waals surface area contributed by atoms with Crippen LogP contribution in [0.15, 0.2) is 141 Å². The zero-order valence-corrected chi connectivity index (χ0v) is 61.6. The largest absolute Gasteiger partial charge is 0.303 e. The third-order valence-electron chi connectivity index (χ3n) is 13.6. The summed E-state index contributed by atoms with van der Waals surface area (Å²) in [6.45, 7) is 68.9. The number of piperidine rings is 1. The number of hydrogen-bond acceptors (Lipinski definition) is 4. The summed E-state index contributed by atoms with van der Waals surface area (Å²) in [4.78, 5) is 14.9. The van der Waals surface area contributed by atoms with Crippen LogP contribution in [0.1, 0.15) is 289 Å². The lowest BCUT2D eigenvalue weighted by atomic mass is 9.87. The molecule has 2 aliphatic rings. The molecule has 8 heteroatoms. The second kappa shape index (κ2) is 44.5. The number of pyridine rings is 3. The van der Waals surface area contributed by atoms with Crippen molar-refractivity contribution in [3.63, 3.8) is 0 Å². The Morgan fingerprint density at radius 3 is 1.26 bits per heavy atom. The van der Waals surface area contributed by atoms with Crippen molar-refractivity contribution in [3.8, 4) is 0 Å². The summed E-state index contributed by atoms with van der Waals surface area (Å²) in [5, 5.41) is 0.